The second-order valence-corrected chi connectivity index (χ2v) is 6.62. The summed E-state index contributed by atoms with van der Waals surface area (Å²) in [6, 6.07) is 7.58. The quantitative estimate of drug-likeness (QED) is 0.526. The van der Waals surface area contributed by atoms with Crippen LogP contribution in [0, 0.1) is 13.8 Å². The fourth-order valence-electron chi connectivity index (χ4n) is 2.25. The van der Waals surface area contributed by atoms with E-state index in [9.17, 15) is 4.79 Å². The van der Waals surface area contributed by atoms with E-state index in [1.54, 1.807) is 6.92 Å². The lowest BCUT2D eigenvalue weighted by Gasteiger charge is -2.11. The molecular formula is C15H14BrCl2NO. The Morgan fingerprint density at radius 1 is 1.30 bits per heavy atom. The van der Waals surface area contributed by atoms with Crippen LogP contribution >= 0.6 is 39.1 Å². The molecular weight excluding hydrogens is 361 g/mol. The average Bonchev–Trinajstić information content (AvgIpc) is 2.67. The molecule has 0 aliphatic heterocycles. The number of halogens is 3. The van der Waals surface area contributed by atoms with Gasteiger partial charge < -0.3 is 4.57 Å². The number of rotatable bonds is 3. The Balaban J connectivity index is 2.58. The Bertz CT molecular complexity index is 677. The molecule has 0 saturated carbocycles. The number of Topliss-reactive ketones (excluding diaryl/α,β-unsaturated/α-hetero) is 1. The van der Waals surface area contributed by atoms with Crippen molar-refractivity contribution >= 4 is 44.9 Å². The normalized spacial score (nSPS) is 12.5. The summed E-state index contributed by atoms with van der Waals surface area (Å²) in [6.07, 6.45) is 0. The number of alkyl halides is 1. The molecule has 1 heterocycles. The van der Waals surface area contributed by atoms with E-state index in [0.717, 1.165) is 21.5 Å². The number of ketones is 1. The molecule has 0 bridgehead atoms. The van der Waals surface area contributed by atoms with Crippen molar-refractivity contribution in [2.45, 2.75) is 26.1 Å². The largest absolute Gasteiger partial charge is 0.318 e. The Morgan fingerprint density at radius 2 is 1.95 bits per heavy atom. The highest BCUT2D eigenvalue weighted by molar-refractivity contribution is 9.10. The standard InChI is InChI=1S/C15H14BrCl2NO/c1-8-6-12(15(20)9(2)17)10(3)19(8)11-4-5-13(16)14(18)7-11/h4-7,9H,1-3H3. The zero-order valence-electron chi connectivity index (χ0n) is 11.4. The zero-order valence-corrected chi connectivity index (χ0v) is 14.5. The topological polar surface area (TPSA) is 22.0 Å². The third-order valence-electron chi connectivity index (χ3n) is 3.22. The van der Waals surface area contributed by atoms with Crippen molar-refractivity contribution in [2.75, 3.05) is 0 Å². The van der Waals surface area contributed by atoms with Crippen LogP contribution in [0.4, 0.5) is 0 Å². The molecule has 1 aromatic carbocycles. The Kier molecular flexibility index (Phi) is 4.62. The smallest absolute Gasteiger partial charge is 0.182 e. The summed E-state index contributed by atoms with van der Waals surface area (Å²) >= 11 is 15.4. The van der Waals surface area contributed by atoms with E-state index in [1.807, 2.05) is 42.7 Å². The molecule has 20 heavy (non-hydrogen) atoms. The molecule has 0 amide bonds. The Hall–Kier alpha value is -0.770. The molecule has 1 aromatic heterocycles. The van der Waals surface area contributed by atoms with Gasteiger partial charge in [-0.25, -0.2) is 0 Å². The fraction of sp³-hybridized carbons (Fsp3) is 0.267. The van der Waals surface area contributed by atoms with Crippen molar-refractivity contribution in [3.05, 3.63) is 50.7 Å². The van der Waals surface area contributed by atoms with Gasteiger partial charge in [-0.05, 0) is 61.0 Å². The predicted octanol–water partition coefficient (Wildman–Crippen LogP) is 5.32. The van der Waals surface area contributed by atoms with Crippen molar-refractivity contribution < 1.29 is 4.79 Å². The first-order valence-electron chi connectivity index (χ1n) is 6.15. The molecule has 106 valence electrons. The number of carbonyl (C=O) groups is 1. The van der Waals surface area contributed by atoms with Gasteiger partial charge in [-0.2, -0.15) is 0 Å². The molecule has 1 unspecified atom stereocenters. The summed E-state index contributed by atoms with van der Waals surface area (Å²) in [5.74, 6) is -0.0609. The number of aromatic nitrogens is 1. The third kappa shape index (κ3) is 2.80. The fourth-order valence-corrected chi connectivity index (χ4v) is 2.79. The van der Waals surface area contributed by atoms with E-state index in [-0.39, 0.29) is 5.78 Å². The van der Waals surface area contributed by atoms with E-state index in [0.29, 0.717) is 10.6 Å². The zero-order chi connectivity index (χ0) is 15.0. The number of aryl methyl sites for hydroxylation is 1. The minimum atomic E-state index is -0.530. The number of nitrogens with zero attached hydrogens (tertiary/aromatic N) is 1. The van der Waals surface area contributed by atoms with Crippen LogP contribution in [-0.4, -0.2) is 15.7 Å². The van der Waals surface area contributed by atoms with Crippen molar-refractivity contribution in [1.29, 1.82) is 0 Å². The SMILES string of the molecule is Cc1cc(C(=O)C(C)Cl)c(C)n1-c1ccc(Br)c(Cl)c1. The van der Waals surface area contributed by atoms with Gasteiger partial charge in [0.2, 0.25) is 0 Å². The third-order valence-corrected chi connectivity index (χ3v) is 4.65. The monoisotopic (exact) mass is 373 g/mol. The van der Waals surface area contributed by atoms with Crippen LogP contribution in [0.2, 0.25) is 5.02 Å². The minimum absolute atomic E-state index is 0.0609. The number of benzene rings is 1. The van der Waals surface area contributed by atoms with E-state index < -0.39 is 5.38 Å². The molecule has 0 aliphatic rings. The summed E-state index contributed by atoms with van der Waals surface area (Å²) < 4.78 is 2.85. The van der Waals surface area contributed by atoms with Gasteiger partial charge in [-0.15, -0.1) is 11.6 Å². The molecule has 0 fully saturated rings. The highest BCUT2D eigenvalue weighted by Crippen LogP contribution is 2.28. The van der Waals surface area contributed by atoms with Crippen molar-refractivity contribution in [1.82, 2.24) is 4.57 Å². The second-order valence-electron chi connectivity index (χ2n) is 4.70. The maximum absolute atomic E-state index is 12.1. The second kappa shape index (κ2) is 5.92. The molecule has 2 nitrogen and oxygen atoms in total. The highest BCUT2D eigenvalue weighted by atomic mass is 79.9. The summed E-state index contributed by atoms with van der Waals surface area (Å²) in [5, 5.41) is 0.103. The van der Waals surface area contributed by atoms with Crippen molar-refractivity contribution in [3.63, 3.8) is 0 Å². The first-order valence-corrected chi connectivity index (χ1v) is 7.76. The van der Waals surface area contributed by atoms with Gasteiger partial charge in [-0.3, -0.25) is 4.79 Å². The van der Waals surface area contributed by atoms with Gasteiger partial charge in [-0.1, -0.05) is 11.6 Å². The minimum Gasteiger partial charge on any atom is -0.318 e. The van der Waals surface area contributed by atoms with Crippen LogP contribution in [0.1, 0.15) is 28.7 Å². The summed E-state index contributed by atoms with van der Waals surface area (Å²) in [5.41, 5.74) is 3.43. The van der Waals surface area contributed by atoms with Gasteiger partial charge in [0.1, 0.15) is 0 Å². The Labute approximate surface area is 136 Å². The molecule has 0 aliphatic carbocycles. The summed E-state index contributed by atoms with van der Waals surface area (Å²) in [6.45, 7) is 5.56. The van der Waals surface area contributed by atoms with Crippen LogP contribution in [0.5, 0.6) is 0 Å². The number of carbonyl (C=O) groups excluding carboxylic acids is 1. The number of hydrogen-bond donors (Lipinski definition) is 0. The van der Waals surface area contributed by atoms with Gasteiger partial charge in [0.15, 0.2) is 5.78 Å². The van der Waals surface area contributed by atoms with Crippen LogP contribution in [0.25, 0.3) is 5.69 Å². The van der Waals surface area contributed by atoms with Crippen LogP contribution in [0.15, 0.2) is 28.7 Å². The lowest BCUT2D eigenvalue weighted by molar-refractivity contribution is 0.0991. The van der Waals surface area contributed by atoms with Gasteiger partial charge >= 0.3 is 0 Å². The van der Waals surface area contributed by atoms with Crippen molar-refractivity contribution in [2.24, 2.45) is 0 Å². The van der Waals surface area contributed by atoms with E-state index in [2.05, 4.69) is 15.9 Å². The summed E-state index contributed by atoms with van der Waals surface area (Å²) in [4.78, 5) is 12.1. The first kappa shape index (κ1) is 15.6. The molecule has 2 rings (SSSR count). The maximum atomic E-state index is 12.1. The van der Waals surface area contributed by atoms with Gasteiger partial charge in [0.25, 0.3) is 0 Å². The molecule has 1 atom stereocenters. The molecule has 0 radical (unpaired) electrons. The molecule has 0 spiro atoms. The van der Waals surface area contributed by atoms with Gasteiger partial charge in [0, 0.05) is 27.1 Å². The predicted molar refractivity (Wildman–Crippen MR) is 87.6 cm³/mol. The van der Waals surface area contributed by atoms with Crippen LogP contribution in [-0.2, 0) is 0 Å². The molecule has 0 saturated heterocycles. The van der Waals surface area contributed by atoms with Crippen LogP contribution in [0.3, 0.4) is 0 Å². The highest BCUT2D eigenvalue weighted by Gasteiger charge is 2.20. The van der Waals surface area contributed by atoms with Gasteiger partial charge in [0.05, 0.1) is 10.4 Å². The lowest BCUT2D eigenvalue weighted by atomic mass is 10.1. The van der Waals surface area contributed by atoms with E-state index >= 15 is 0 Å². The first-order chi connectivity index (χ1) is 9.32. The van der Waals surface area contributed by atoms with Crippen molar-refractivity contribution in [3.8, 4) is 5.69 Å². The molecule has 5 heteroatoms. The molecule has 0 N–H and O–H groups in total. The maximum Gasteiger partial charge on any atom is 0.182 e. The average molecular weight is 375 g/mol. The Morgan fingerprint density at radius 3 is 2.50 bits per heavy atom. The summed E-state index contributed by atoms with van der Waals surface area (Å²) in [7, 11) is 0. The van der Waals surface area contributed by atoms with E-state index in [4.69, 9.17) is 23.2 Å². The lowest BCUT2D eigenvalue weighted by Crippen LogP contribution is -2.11. The van der Waals surface area contributed by atoms with Crippen LogP contribution < -0.4 is 0 Å². The number of hydrogen-bond acceptors (Lipinski definition) is 1. The molecule has 2 aromatic rings. The van der Waals surface area contributed by atoms with E-state index in [1.165, 1.54) is 0 Å².